The molecule has 2 aromatic carbocycles. The first-order valence-electron chi connectivity index (χ1n) is 9.17. The van der Waals surface area contributed by atoms with Crippen LogP contribution in [0.1, 0.15) is 25.8 Å². The van der Waals surface area contributed by atoms with Gasteiger partial charge in [-0.15, -0.1) is 12.4 Å². The lowest BCUT2D eigenvalue weighted by Gasteiger charge is -2.18. The molecule has 152 valence electrons. The number of nitrogen functional groups attached to an aromatic ring is 1. The third-order valence-corrected chi connectivity index (χ3v) is 4.27. The van der Waals surface area contributed by atoms with Gasteiger partial charge in [0, 0.05) is 37.0 Å². The SMILES string of the molecule is CCN(CC)C(=O)COc1cccc(NC(=O)CCc2ccccc2N)c1.Cl. The van der Waals surface area contributed by atoms with Crippen LogP contribution in [-0.2, 0) is 16.0 Å². The van der Waals surface area contributed by atoms with Gasteiger partial charge in [0.05, 0.1) is 0 Å². The van der Waals surface area contributed by atoms with Crippen LogP contribution in [-0.4, -0.2) is 36.4 Å². The molecule has 0 bridgehead atoms. The number of nitrogens with two attached hydrogens (primary N) is 1. The van der Waals surface area contributed by atoms with Crippen LogP contribution >= 0.6 is 12.4 Å². The normalized spacial score (nSPS) is 9.93. The predicted molar refractivity (Wildman–Crippen MR) is 115 cm³/mol. The Kier molecular flexibility index (Phi) is 9.88. The first-order valence-corrected chi connectivity index (χ1v) is 9.17. The highest BCUT2D eigenvalue weighted by Crippen LogP contribution is 2.18. The van der Waals surface area contributed by atoms with Crippen molar-refractivity contribution in [3.05, 3.63) is 54.1 Å². The second kappa shape index (κ2) is 11.9. The highest BCUT2D eigenvalue weighted by atomic mass is 35.5. The standard InChI is InChI=1S/C21H27N3O3.ClH/c1-3-24(4-2)21(26)15-27-18-10-7-9-17(14-18)23-20(25)13-12-16-8-5-6-11-19(16)22;/h5-11,14H,3-4,12-13,15,22H2,1-2H3,(H,23,25);1H. The summed E-state index contributed by atoms with van der Waals surface area (Å²) in [6.07, 6.45) is 0.910. The van der Waals surface area contributed by atoms with E-state index in [1.54, 1.807) is 29.2 Å². The van der Waals surface area contributed by atoms with Crippen molar-refractivity contribution in [2.75, 3.05) is 30.7 Å². The molecule has 0 unspecified atom stereocenters. The second-order valence-electron chi connectivity index (χ2n) is 6.13. The average Bonchev–Trinajstić information content (AvgIpc) is 2.67. The molecule has 0 aromatic heterocycles. The fourth-order valence-electron chi connectivity index (χ4n) is 2.71. The Balaban J connectivity index is 0.00000392. The monoisotopic (exact) mass is 405 g/mol. The average molecular weight is 406 g/mol. The summed E-state index contributed by atoms with van der Waals surface area (Å²) in [5.41, 5.74) is 8.18. The topological polar surface area (TPSA) is 84.7 Å². The van der Waals surface area contributed by atoms with E-state index in [0.717, 1.165) is 5.56 Å². The Morgan fingerprint density at radius 2 is 1.79 bits per heavy atom. The first kappa shape index (κ1) is 23.3. The van der Waals surface area contributed by atoms with Gasteiger partial charge in [0.1, 0.15) is 5.75 Å². The zero-order chi connectivity index (χ0) is 19.6. The quantitative estimate of drug-likeness (QED) is 0.625. The molecule has 0 heterocycles. The third-order valence-electron chi connectivity index (χ3n) is 4.27. The number of benzene rings is 2. The molecule has 0 atom stereocenters. The van der Waals surface area contributed by atoms with Crippen molar-refractivity contribution < 1.29 is 14.3 Å². The highest BCUT2D eigenvalue weighted by Gasteiger charge is 2.11. The molecule has 2 rings (SSSR count). The number of likely N-dealkylation sites (N-methyl/N-ethyl adjacent to an activating group) is 1. The molecule has 0 spiro atoms. The van der Waals surface area contributed by atoms with Gasteiger partial charge >= 0.3 is 0 Å². The Hall–Kier alpha value is -2.73. The minimum absolute atomic E-state index is 0. The molecule has 2 amide bonds. The number of rotatable bonds is 9. The summed E-state index contributed by atoms with van der Waals surface area (Å²) in [5.74, 6) is 0.380. The lowest BCUT2D eigenvalue weighted by Crippen LogP contribution is -2.34. The van der Waals surface area contributed by atoms with Gasteiger partial charge < -0.3 is 20.7 Å². The maximum atomic E-state index is 12.2. The zero-order valence-electron chi connectivity index (χ0n) is 16.3. The second-order valence-corrected chi connectivity index (χ2v) is 6.13. The predicted octanol–water partition coefficient (Wildman–Crippen LogP) is 3.51. The summed E-state index contributed by atoms with van der Waals surface area (Å²) in [6, 6.07) is 14.6. The summed E-state index contributed by atoms with van der Waals surface area (Å²) in [4.78, 5) is 25.9. The zero-order valence-corrected chi connectivity index (χ0v) is 17.1. The molecule has 2 aromatic rings. The van der Waals surface area contributed by atoms with Crippen LogP contribution in [0.2, 0.25) is 0 Å². The lowest BCUT2D eigenvalue weighted by atomic mass is 10.1. The fraction of sp³-hybridized carbons (Fsp3) is 0.333. The van der Waals surface area contributed by atoms with Crippen LogP contribution in [0.5, 0.6) is 5.75 Å². The van der Waals surface area contributed by atoms with Gasteiger partial charge in [-0.1, -0.05) is 24.3 Å². The van der Waals surface area contributed by atoms with Gasteiger partial charge in [-0.3, -0.25) is 9.59 Å². The number of amides is 2. The van der Waals surface area contributed by atoms with Gasteiger partial charge in [0.15, 0.2) is 6.61 Å². The van der Waals surface area contributed by atoms with E-state index in [-0.39, 0.29) is 30.8 Å². The third kappa shape index (κ3) is 7.12. The van der Waals surface area contributed by atoms with E-state index in [0.29, 0.717) is 43.1 Å². The van der Waals surface area contributed by atoms with Gasteiger partial charge in [-0.25, -0.2) is 0 Å². The van der Waals surface area contributed by atoms with Crippen LogP contribution in [0.25, 0.3) is 0 Å². The van der Waals surface area contributed by atoms with Crippen molar-refractivity contribution in [2.45, 2.75) is 26.7 Å². The molecule has 7 heteroatoms. The van der Waals surface area contributed by atoms with Crippen molar-refractivity contribution >= 4 is 35.6 Å². The van der Waals surface area contributed by atoms with Crippen LogP contribution in [0, 0.1) is 0 Å². The minimum atomic E-state index is -0.102. The van der Waals surface area contributed by atoms with Crippen molar-refractivity contribution in [1.82, 2.24) is 4.90 Å². The molecule has 0 aliphatic carbocycles. The van der Waals surface area contributed by atoms with Gasteiger partial charge in [0.2, 0.25) is 5.91 Å². The molecular formula is C21H28ClN3O3. The van der Waals surface area contributed by atoms with Crippen molar-refractivity contribution in [3.8, 4) is 5.75 Å². The van der Waals surface area contributed by atoms with Gasteiger partial charge in [0.25, 0.3) is 5.91 Å². The number of ether oxygens (including phenoxy) is 1. The number of nitrogens with one attached hydrogen (secondary N) is 1. The van der Waals surface area contributed by atoms with E-state index in [1.807, 2.05) is 38.1 Å². The van der Waals surface area contributed by atoms with Crippen LogP contribution < -0.4 is 15.8 Å². The summed E-state index contributed by atoms with van der Waals surface area (Å²) in [6.45, 7) is 5.15. The fourth-order valence-corrected chi connectivity index (χ4v) is 2.71. The summed E-state index contributed by atoms with van der Waals surface area (Å²) < 4.78 is 5.56. The summed E-state index contributed by atoms with van der Waals surface area (Å²) in [5, 5.41) is 2.85. The summed E-state index contributed by atoms with van der Waals surface area (Å²) >= 11 is 0. The van der Waals surface area contributed by atoms with E-state index < -0.39 is 0 Å². The highest BCUT2D eigenvalue weighted by molar-refractivity contribution is 5.91. The number of nitrogens with zero attached hydrogens (tertiary/aromatic N) is 1. The van der Waals surface area contributed by atoms with E-state index in [1.165, 1.54) is 0 Å². The Labute approximate surface area is 172 Å². The molecule has 28 heavy (non-hydrogen) atoms. The maximum Gasteiger partial charge on any atom is 0.260 e. The van der Waals surface area contributed by atoms with Crippen LogP contribution in [0.3, 0.4) is 0 Å². The van der Waals surface area contributed by atoms with E-state index in [9.17, 15) is 9.59 Å². The molecule has 0 fully saturated rings. The van der Waals surface area contributed by atoms with Crippen molar-refractivity contribution in [1.29, 1.82) is 0 Å². The lowest BCUT2D eigenvalue weighted by molar-refractivity contribution is -0.133. The molecule has 3 N–H and O–H groups in total. The van der Waals surface area contributed by atoms with Crippen molar-refractivity contribution in [2.24, 2.45) is 0 Å². The number of aryl methyl sites for hydroxylation is 1. The molecule has 6 nitrogen and oxygen atoms in total. The van der Waals surface area contributed by atoms with E-state index >= 15 is 0 Å². The molecule has 0 saturated heterocycles. The number of halogens is 1. The maximum absolute atomic E-state index is 12.2. The molecule has 0 aliphatic rings. The smallest absolute Gasteiger partial charge is 0.260 e. The number of hydrogen-bond acceptors (Lipinski definition) is 4. The molecule has 0 saturated carbocycles. The largest absolute Gasteiger partial charge is 0.484 e. The molecular weight excluding hydrogens is 378 g/mol. The number of carbonyl (C=O) groups excluding carboxylic acids is 2. The number of anilines is 2. The number of para-hydroxylation sites is 1. The Bertz CT molecular complexity index is 779. The molecule has 0 radical (unpaired) electrons. The number of hydrogen-bond donors (Lipinski definition) is 2. The van der Waals surface area contributed by atoms with Crippen LogP contribution in [0.15, 0.2) is 48.5 Å². The Morgan fingerprint density at radius 3 is 2.46 bits per heavy atom. The Morgan fingerprint density at radius 1 is 1.07 bits per heavy atom. The first-order chi connectivity index (χ1) is 13.0. The van der Waals surface area contributed by atoms with E-state index in [4.69, 9.17) is 10.5 Å². The van der Waals surface area contributed by atoms with Crippen molar-refractivity contribution in [3.63, 3.8) is 0 Å². The minimum Gasteiger partial charge on any atom is -0.484 e. The van der Waals surface area contributed by atoms with Gasteiger partial charge in [-0.05, 0) is 44.0 Å². The van der Waals surface area contributed by atoms with Crippen LogP contribution in [0.4, 0.5) is 11.4 Å². The van der Waals surface area contributed by atoms with E-state index in [2.05, 4.69) is 5.32 Å². The molecule has 0 aliphatic heterocycles. The summed E-state index contributed by atoms with van der Waals surface area (Å²) in [7, 11) is 0. The van der Waals surface area contributed by atoms with Gasteiger partial charge in [-0.2, -0.15) is 0 Å². The number of carbonyl (C=O) groups is 2.